The molecule has 0 amide bonds. The highest BCUT2D eigenvalue weighted by atomic mass is 19.4. The molecule has 4 nitrogen and oxygen atoms in total. The molecule has 0 radical (unpaired) electrons. The Kier molecular flexibility index (Phi) is 4.78. The van der Waals surface area contributed by atoms with Crippen LogP contribution in [0.3, 0.4) is 0 Å². The van der Waals surface area contributed by atoms with Crippen LogP contribution < -0.4 is 10.5 Å². The van der Waals surface area contributed by atoms with Gasteiger partial charge in [-0.3, -0.25) is 0 Å². The number of rotatable bonds is 4. The molecule has 2 rings (SSSR count). The van der Waals surface area contributed by atoms with Crippen LogP contribution >= 0.6 is 0 Å². The van der Waals surface area contributed by atoms with E-state index in [1.807, 2.05) is 0 Å². The highest BCUT2D eigenvalue weighted by Crippen LogP contribution is 2.35. The second-order valence-corrected chi connectivity index (χ2v) is 4.72. The second kappa shape index (κ2) is 6.60. The van der Waals surface area contributed by atoms with Gasteiger partial charge in [-0.2, -0.15) is 13.2 Å². The largest absolute Gasteiger partial charge is 0.489 e. The number of hydrogen-bond donors (Lipinski definition) is 1. The molecule has 2 N–H and O–H groups in total. The van der Waals surface area contributed by atoms with Gasteiger partial charge < -0.3 is 15.2 Å². The fourth-order valence-electron chi connectivity index (χ4n) is 1.91. The van der Waals surface area contributed by atoms with E-state index in [9.17, 15) is 18.0 Å². The van der Waals surface area contributed by atoms with Gasteiger partial charge in [-0.1, -0.05) is 12.1 Å². The lowest BCUT2D eigenvalue weighted by atomic mass is 10.1. The topological polar surface area (TPSA) is 61.5 Å². The quantitative estimate of drug-likeness (QED) is 0.688. The smallest absolute Gasteiger partial charge is 0.418 e. The highest BCUT2D eigenvalue weighted by molar-refractivity contribution is 5.89. The van der Waals surface area contributed by atoms with Crippen molar-refractivity contribution in [3.8, 4) is 5.75 Å². The Bertz CT molecular complexity index is 697. The predicted molar refractivity (Wildman–Crippen MR) is 78.0 cm³/mol. The van der Waals surface area contributed by atoms with Crippen molar-refractivity contribution in [2.75, 3.05) is 12.8 Å². The molecule has 0 heterocycles. The van der Waals surface area contributed by atoms with Crippen molar-refractivity contribution in [1.82, 2.24) is 0 Å². The van der Waals surface area contributed by atoms with Crippen molar-refractivity contribution in [2.24, 2.45) is 0 Å². The zero-order valence-corrected chi connectivity index (χ0v) is 12.2. The maximum absolute atomic E-state index is 12.6. The zero-order valence-electron chi connectivity index (χ0n) is 12.2. The Balaban J connectivity index is 2.04. The molecule has 0 saturated heterocycles. The molecule has 0 unspecified atom stereocenters. The third kappa shape index (κ3) is 4.15. The number of hydrogen-bond acceptors (Lipinski definition) is 4. The first-order valence-corrected chi connectivity index (χ1v) is 6.58. The number of nitrogen functional groups attached to an aromatic ring is 1. The molecule has 0 fully saturated rings. The standard InChI is InChI=1S/C16H14F3NO3/c1-22-15(21)11-4-2-10(3-5-11)9-23-12-6-7-13(14(20)8-12)16(17,18)19/h2-8H,9,20H2,1H3. The fourth-order valence-corrected chi connectivity index (χ4v) is 1.91. The predicted octanol–water partition coefficient (Wildman–Crippen LogP) is 3.65. The molecule has 0 atom stereocenters. The van der Waals surface area contributed by atoms with Crippen molar-refractivity contribution in [2.45, 2.75) is 12.8 Å². The Morgan fingerprint density at radius 3 is 2.30 bits per heavy atom. The number of halogens is 3. The molecule has 2 aromatic rings. The Hall–Kier alpha value is -2.70. The monoisotopic (exact) mass is 325 g/mol. The van der Waals surface area contributed by atoms with E-state index >= 15 is 0 Å². The molecule has 122 valence electrons. The number of methoxy groups -OCH3 is 1. The molecule has 23 heavy (non-hydrogen) atoms. The number of benzene rings is 2. The Morgan fingerprint density at radius 2 is 1.78 bits per heavy atom. The first kappa shape index (κ1) is 16.7. The fraction of sp³-hybridized carbons (Fsp3) is 0.188. The molecule has 0 aromatic heterocycles. The second-order valence-electron chi connectivity index (χ2n) is 4.72. The van der Waals surface area contributed by atoms with Crippen LogP contribution in [0.2, 0.25) is 0 Å². The molecule has 0 bridgehead atoms. The summed E-state index contributed by atoms with van der Waals surface area (Å²) < 4.78 is 47.8. The van der Waals surface area contributed by atoms with Gasteiger partial charge in [0.1, 0.15) is 12.4 Å². The van der Waals surface area contributed by atoms with Gasteiger partial charge in [0.15, 0.2) is 0 Å². The maximum Gasteiger partial charge on any atom is 0.418 e. The number of nitrogens with two attached hydrogens (primary N) is 1. The molecule has 0 spiro atoms. The van der Waals surface area contributed by atoms with E-state index in [1.54, 1.807) is 24.3 Å². The summed E-state index contributed by atoms with van der Waals surface area (Å²) in [5.74, 6) is -0.222. The summed E-state index contributed by atoms with van der Waals surface area (Å²) in [6, 6.07) is 9.70. The van der Waals surface area contributed by atoms with Gasteiger partial charge in [0.2, 0.25) is 0 Å². The number of ether oxygens (including phenoxy) is 2. The van der Waals surface area contributed by atoms with Gasteiger partial charge >= 0.3 is 12.1 Å². The van der Waals surface area contributed by atoms with Crippen LogP contribution in [-0.4, -0.2) is 13.1 Å². The first-order chi connectivity index (χ1) is 10.8. The van der Waals surface area contributed by atoms with E-state index in [0.29, 0.717) is 5.56 Å². The first-order valence-electron chi connectivity index (χ1n) is 6.58. The van der Waals surface area contributed by atoms with Crippen molar-refractivity contribution >= 4 is 11.7 Å². The minimum atomic E-state index is -4.49. The Labute approximate surface area is 130 Å². The van der Waals surface area contributed by atoms with Gasteiger partial charge in [-0.25, -0.2) is 4.79 Å². The van der Waals surface area contributed by atoms with Crippen LogP contribution in [0.5, 0.6) is 5.75 Å². The molecule has 0 aliphatic rings. The van der Waals surface area contributed by atoms with Crippen LogP contribution in [-0.2, 0) is 17.5 Å². The third-order valence-electron chi connectivity index (χ3n) is 3.11. The minimum absolute atomic E-state index is 0.131. The minimum Gasteiger partial charge on any atom is -0.489 e. The van der Waals surface area contributed by atoms with E-state index < -0.39 is 23.4 Å². The summed E-state index contributed by atoms with van der Waals surface area (Å²) in [6.07, 6.45) is -4.49. The number of carbonyl (C=O) groups is 1. The van der Waals surface area contributed by atoms with Gasteiger partial charge in [0.25, 0.3) is 0 Å². The lowest BCUT2D eigenvalue weighted by molar-refractivity contribution is -0.136. The van der Waals surface area contributed by atoms with E-state index in [-0.39, 0.29) is 12.4 Å². The lowest BCUT2D eigenvalue weighted by Gasteiger charge is -2.12. The van der Waals surface area contributed by atoms with Crippen LogP contribution in [0.25, 0.3) is 0 Å². The molecule has 7 heteroatoms. The number of carbonyl (C=O) groups excluding carboxylic acids is 1. The van der Waals surface area contributed by atoms with Crippen LogP contribution in [0.15, 0.2) is 42.5 Å². The average molecular weight is 325 g/mol. The molecule has 0 aliphatic carbocycles. The summed E-state index contributed by atoms with van der Waals surface area (Å²) in [6.45, 7) is 0.131. The number of alkyl halides is 3. The maximum atomic E-state index is 12.6. The molecule has 0 aliphatic heterocycles. The highest BCUT2D eigenvalue weighted by Gasteiger charge is 2.32. The molecular formula is C16H14F3NO3. The normalized spacial score (nSPS) is 11.1. The third-order valence-corrected chi connectivity index (χ3v) is 3.11. The average Bonchev–Trinajstić information content (AvgIpc) is 2.51. The summed E-state index contributed by atoms with van der Waals surface area (Å²) in [5.41, 5.74) is 5.25. The number of anilines is 1. The lowest BCUT2D eigenvalue weighted by Crippen LogP contribution is -2.09. The SMILES string of the molecule is COC(=O)c1ccc(COc2ccc(C(F)(F)F)c(N)c2)cc1. The van der Waals surface area contributed by atoms with Crippen molar-refractivity contribution in [3.63, 3.8) is 0 Å². The van der Waals surface area contributed by atoms with Crippen molar-refractivity contribution < 1.29 is 27.4 Å². The van der Waals surface area contributed by atoms with Gasteiger partial charge in [0.05, 0.1) is 18.2 Å². The number of esters is 1. The summed E-state index contributed by atoms with van der Waals surface area (Å²) >= 11 is 0. The molecular weight excluding hydrogens is 311 g/mol. The summed E-state index contributed by atoms with van der Waals surface area (Å²) in [5, 5.41) is 0. The zero-order chi connectivity index (χ0) is 17.0. The van der Waals surface area contributed by atoms with Crippen LogP contribution in [0, 0.1) is 0 Å². The van der Waals surface area contributed by atoms with Gasteiger partial charge in [-0.15, -0.1) is 0 Å². The van der Waals surface area contributed by atoms with E-state index in [2.05, 4.69) is 4.74 Å². The van der Waals surface area contributed by atoms with Gasteiger partial charge in [-0.05, 0) is 29.8 Å². The van der Waals surface area contributed by atoms with Crippen LogP contribution in [0.4, 0.5) is 18.9 Å². The summed E-state index contributed by atoms with van der Waals surface area (Å²) in [7, 11) is 1.29. The van der Waals surface area contributed by atoms with E-state index in [0.717, 1.165) is 17.7 Å². The van der Waals surface area contributed by atoms with E-state index in [1.165, 1.54) is 13.2 Å². The Morgan fingerprint density at radius 1 is 1.13 bits per heavy atom. The van der Waals surface area contributed by atoms with Crippen molar-refractivity contribution in [3.05, 3.63) is 59.2 Å². The molecule has 0 saturated carbocycles. The van der Waals surface area contributed by atoms with E-state index in [4.69, 9.17) is 10.5 Å². The van der Waals surface area contributed by atoms with Crippen molar-refractivity contribution in [1.29, 1.82) is 0 Å². The van der Waals surface area contributed by atoms with Gasteiger partial charge in [0, 0.05) is 11.8 Å². The van der Waals surface area contributed by atoms with Crippen LogP contribution in [0.1, 0.15) is 21.5 Å². The molecule has 2 aromatic carbocycles. The summed E-state index contributed by atoms with van der Waals surface area (Å²) in [4.78, 5) is 11.3.